The lowest BCUT2D eigenvalue weighted by Gasteiger charge is -2.08. The molecule has 0 saturated heterocycles. The number of nitrogens with one attached hydrogen (secondary N) is 1. The second-order valence-electron chi connectivity index (χ2n) is 3.98. The maximum absolute atomic E-state index is 11.5. The van der Waals surface area contributed by atoms with Crippen molar-refractivity contribution in [2.45, 2.75) is 25.7 Å². The van der Waals surface area contributed by atoms with E-state index in [2.05, 4.69) is 11.4 Å². The number of anilines is 1. The highest BCUT2D eigenvalue weighted by molar-refractivity contribution is 6.18. The summed E-state index contributed by atoms with van der Waals surface area (Å²) in [6.07, 6.45) is 2.26. The first kappa shape index (κ1) is 15.3. The Morgan fingerprint density at radius 3 is 3.00 bits per heavy atom. The molecule has 1 N–H and O–H groups in total. The molecule has 0 unspecified atom stereocenters. The summed E-state index contributed by atoms with van der Waals surface area (Å²) in [5, 5.41) is 11.2. The number of amides is 1. The van der Waals surface area contributed by atoms with Gasteiger partial charge in [0, 0.05) is 30.5 Å². The summed E-state index contributed by atoms with van der Waals surface area (Å²) < 4.78 is 5.49. The summed E-state index contributed by atoms with van der Waals surface area (Å²) >= 11 is 5.53. The van der Waals surface area contributed by atoms with Crippen LogP contribution in [0.5, 0.6) is 5.75 Å². The van der Waals surface area contributed by atoms with Gasteiger partial charge in [0.25, 0.3) is 0 Å². The van der Waals surface area contributed by atoms with Crippen LogP contribution < -0.4 is 10.1 Å². The summed E-state index contributed by atoms with van der Waals surface area (Å²) in [5.74, 6) is 1.12. The van der Waals surface area contributed by atoms with Crippen molar-refractivity contribution in [2.75, 3.05) is 17.8 Å². The van der Waals surface area contributed by atoms with Gasteiger partial charge in [-0.3, -0.25) is 4.79 Å². The third-order valence-corrected chi connectivity index (χ3v) is 2.62. The van der Waals surface area contributed by atoms with Gasteiger partial charge in [0.05, 0.1) is 12.7 Å². The summed E-state index contributed by atoms with van der Waals surface area (Å²) in [6.45, 7) is 0.497. The van der Waals surface area contributed by atoms with Crippen LogP contribution in [0.1, 0.15) is 25.7 Å². The zero-order valence-electron chi connectivity index (χ0n) is 10.7. The van der Waals surface area contributed by atoms with E-state index in [0.29, 0.717) is 49.6 Å². The Morgan fingerprint density at radius 2 is 2.26 bits per heavy atom. The first-order valence-electron chi connectivity index (χ1n) is 6.22. The van der Waals surface area contributed by atoms with Crippen molar-refractivity contribution in [1.82, 2.24) is 0 Å². The number of rotatable bonds is 8. The van der Waals surface area contributed by atoms with Crippen LogP contribution in [0, 0.1) is 11.3 Å². The number of carbonyl (C=O) groups excluding carboxylic acids is 1. The van der Waals surface area contributed by atoms with Crippen molar-refractivity contribution in [2.24, 2.45) is 0 Å². The summed E-state index contributed by atoms with van der Waals surface area (Å²) in [6, 6.07) is 9.27. The van der Waals surface area contributed by atoms with Gasteiger partial charge in [-0.2, -0.15) is 5.26 Å². The average Bonchev–Trinajstić information content (AvgIpc) is 2.42. The fourth-order valence-corrected chi connectivity index (χ4v) is 1.59. The molecule has 0 atom stereocenters. The fraction of sp³-hybridized carbons (Fsp3) is 0.429. The van der Waals surface area contributed by atoms with E-state index < -0.39 is 0 Å². The van der Waals surface area contributed by atoms with E-state index in [9.17, 15) is 4.79 Å². The third-order valence-electron chi connectivity index (χ3n) is 2.36. The molecule has 0 aliphatic rings. The molecule has 4 nitrogen and oxygen atoms in total. The molecule has 0 saturated carbocycles. The van der Waals surface area contributed by atoms with Gasteiger partial charge in [0.15, 0.2) is 0 Å². The second kappa shape index (κ2) is 9.23. The van der Waals surface area contributed by atoms with Crippen molar-refractivity contribution in [3.05, 3.63) is 24.3 Å². The van der Waals surface area contributed by atoms with Gasteiger partial charge >= 0.3 is 0 Å². The Bertz CT molecular complexity index is 443. The van der Waals surface area contributed by atoms with Gasteiger partial charge in [-0.1, -0.05) is 6.07 Å². The smallest absolute Gasteiger partial charge is 0.224 e. The monoisotopic (exact) mass is 280 g/mol. The largest absolute Gasteiger partial charge is 0.493 e. The minimum atomic E-state index is -0.0534. The number of carbonyl (C=O) groups is 1. The van der Waals surface area contributed by atoms with Gasteiger partial charge in [-0.25, -0.2) is 0 Å². The van der Waals surface area contributed by atoms with Crippen LogP contribution in [-0.2, 0) is 4.79 Å². The van der Waals surface area contributed by atoms with Gasteiger partial charge in [-0.15, -0.1) is 11.6 Å². The zero-order chi connectivity index (χ0) is 13.9. The molecule has 1 aromatic rings. The molecule has 0 fully saturated rings. The first-order valence-corrected chi connectivity index (χ1v) is 6.75. The van der Waals surface area contributed by atoms with Crippen LogP contribution in [0.15, 0.2) is 24.3 Å². The Labute approximate surface area is 118 Å². The first-order chi connectivity index (χ1) is 9.26. The van der Waals surface area contributed by atoms with Crippen molar-refractivity contribution in [3.63, 3.8) is 0 Å². The van der Waals surface area contributed by atoms with E-state index in [0.717, 1.165) is 0 Å². The van der Waals surface area contributed by atoms with E-state index in [1.807, 2.05) is 12.1 Å². The zero-order valence-corrected chi connectivity index (χ0v) is 11.4. The number of hydrogen-bond acceptors (Lipinski definition) is 3. The lowest BCUT2D eigenvalue weighted by atomic mass is 10.2. The molecular weight excluding hydrogens is 264 g/mol. The number of ether oxygens (including phenoxy) is 1. The number of nitriles is 1. The number of benzene rings is 1. The topological polar surface area (TPSA) is 62.1 Å². The molecule has 1 amide bonds. The Kier molecular flexibility index (Phi) is 7.45. The van der Waals surface area contributed by atoms with E-state index in [-0.39, 0.29) is 5.91 Å². The maximum atomic E-state index is 11.5. The second-order valence-corrected chi connectivity index (χ2v) is 4.36. The summed E-state index contributed by atoms with van der Waals surface area (Å²) in [7, 11) is 0. The summed E-state index contributed by atoms with van der Waals surface area (Å²) in [5.41, 5.74) is 0.706. The van der Waals surface area contributed by atoms with Gasteiger partial charge in [-0.05, 0) is 25.0 Å². The van der Waals surface area contributed by atoms with Crippen LogP contribution in [0.3, 0.4) is 0 Å². The molecule has 1 aromatic carbocycles. The molecule has 0 bridgehead atoms. The fourth-order valence-electron chi connectivity index (χ4n) is 1.46. The number of halogens is 1. The van der Waals surface area contributed by atoms with Gasteiger partial charge in [0.2, 0.25) is 5.91 Å². The normalized spacial score (nSPS) is 9.68. The average molecular weight is 281 g/mol. The lowest BCUT2D eigenvalue weighted by Crippen LogP contribution is -2.11. The minimum absolute atomic E-state index is 0.0534. The van der Waals surface area contributed by atoms with Crippen LogP contribution in [0.25, 0.3) is 0 Å². The minimum Gasteiger partial charge on any atom is -0.493 e. The van der Waals surface area contributed by atoms with Crippen molar-refractivity contribution in [3.8, 4) is 11.8 Å². The van der Waals surface area contributed by atoms with E-state index in [4.69, 9.17) is 21.6 Å². The number of hydrogen-bond donors (Lipinski definition) is 1. The predicted molar refractivity (Wildman–Crippen MR) is 75.4 cm³/mol. The van der Waals surface area contributed by atoms with Crippen LogP contribution in [0.4, 0.5) is 5.69 Å². The molecule has 0 radical (unpaired) electrons. The SMILES string of the molecule is N#CCCCOc1cccc(NC(=O)CCCCl)c1. The Balaban J connectivity index is 2.43. The molecule has 0 aromatic heterocycles. The molecule has 0 aliphatic heterocycles. The molecular formula is C14H17ClN2O2. The highest BCUT2D eigenvalue weighted by atomic mass is 35.5. The Hall–Kier alpha value is -1.73. The molecule has 0 aliphatic carbocycles. The molecule has 102 valence electrons. The van der Waals surface area contributed by atoms with Crippen LogP contribution in [0.2, 0.25) is 0 Å². The highest BCUT2D eigenvalue weighted by Gasteiger charge is 2.03. The van der Waals surface area contributed by atoms with Crippen LogP contribution in [-0.4, -0.2) is 18.4 Å². The molecule has 0 spiro atoms. The molecule has 5 heteroatoms. The standard InChI is InChI=1S/C14H17ClN2O2/c15-8-4-7-14(18)17-12-5-3-6-13(11-12)19-10-2-1-9-16/h3,5-6,11H,1-2,4,7-8,10H2,(H,17,18). The van der Waals surface area contributed by atoms with Crippen LogP contribution >= 0.6 is 11.6 Å². The predicted octanol–water partition coefficient (Wildman–Crippen LogP) is 3.33. The van der Waals surface area contributed by atoms with E-state index in [1.165, 1.54) is 0 Å². The molecule has 1 rings (SSSR count). The number of unbranched alkanes of at least 4 members (excludes halogenated alkanes) is 1. The quantitative estimate of drug-likeness (QED) is 0.587. The van der Waals surface area contributed by atoms with Crippen molar-refractivity contribution >= 4 is 23.2 Å². The molecule has 0 heterocycles. The van der Waals surface area contributed by atoms with Gasteiger partial charge < -0.3 is 10.1 Å². The Morgan fingerprint density at radius 1 is 1.42 bits per heavy atom. The summed E-state index contributed by atoms with van der Waals surface area (Å²) in [4.78, 5) is 11.5. The highest BCUT2D eigenvalue weighted by Crippen LogP contribution is 2.18. The van der Waals surface area contributed by atoms with E-state index >= 15 is 0 Å². The van der Waals surface area contributed by atoms with E-state index in [1.54, 1.807) is 12.1 Å². The van der Waals surface area contributed by atoms with Crippen molar-refractivity contribution < 1.29 is 9.53 Å². The lowest BCUT2D eigenvalue weighted by molar-refractivity contribution is -0.116. The van der Waals surface area contributed by atoms with Gasteiger partial charge in [0.1, 0.15) is 5.75 Å². The third kappa shape index (κ3) is 6.68. The van der Waals surface area contributed by atoms with Crippen molar-refractivity contribution in [1.29, 1.82) is 5.26 Å². The maximum Gasteiger partial charge on any atom is 0.224 e. The number of alkyl halides is 1. The molecule has 19 heavy (non-hydrogen) atoms. The number of nitrogens with zero attached hydrogens (tertiary/aromatic N) is 1.